The van der Waals surface area contributed by atoms with E-state index < -0.39 is 21.7 Å². The van der Waals surface area contributed by atoms with Gasteiger partial charge in [-0.25, -0.2) is 13.2 Å². The first kappa shape index (κ1) is 31.4. The molecule has 39 heavy (non-hydrogen) atoms. The predicted molar refractivity (Wildman–Crippen MR) is 154 cm³/mol. The Morgan fingerprint density at radius 2 is 1.79 bits per heavy atom. The van der Waals surface area contributed by atoms with Crippen molar-refractivity contribution in [2.75, 3.05) is 57.0 Å². The number of alkyl carbamates (subject to hydrolysis) is 1. The molecule has 1 heterocycles. The third-order valence-corrected chi connectivity index (χ3v) is 7.64. The predicted octanol–water partition coefficient (Wildman–Crippen LogP) is 4.87. The highest BCUT2D eigenvalue weighted by Crippen LogP contribution is 2.38. The van der Waals surface area contributed by atoms with Crippen molar-refractivity contribution < 1.29 is 27.4 Å². The molecule has 0 saturated heterocycles. The van der Waals surface area contributed by atoms with Crippen LogP contribution in [-0.2, 0) is 30.8 Å². The number of benzene rings is 2. The highest BCUT2D eigenvalue weighted by atomic mass is 35.5. The number of ether oxygens (including phenoxy) is 3. The minimum Gasteiger partial charge on any atom is -0.444 e. The van der Waals surface area contributed by atoms with E-state index in [2.05, 4.69) is 14.9 Å². The third-order valence-electron chi connectivity index (χ3n) is 5.84. The van der Waals surface area contributed by atoms with Crippen LogP contribution in [0.3, 0.4) is 0 Å². The summed E-state index contributed by atoms with van der Waals surface area (Å²) < 4.78 is 43.9. The topological polar surface area (TPSA) is 106 Å². The normalized spacial score (nSPS) is 16.0. The number of carbonyl (C=O) groups excluding carboxylic acids is 1. The number of likely N-dealkylation sites (N-methyl/N-ethyl adjacent to an activating group) is 1. The zero-order valence-electron chi connectivity index (χ0n) is 22.8. The quantitative estimate of drug-likeness (QED) is 0.334. The highest BCUT2D eigenvalue weighted by molar-refractivity contribution is 7.92. The molecule has 1 aliphatic heterocycles. The van der Waals surface area contributed by atoms with Crippen molar-refractivity contribution in [2.24, 2.45) is 0 Å². The number of anilines is 1. The number of halogens is 2. The number of amides is 1. The lowest BCUT2D eigenvalue weighted by Crippen LogP contribution is -2.34. The summed E-state index contributed by atoms with van der Waals surface area (Å²) in [5.74, 6) is -0.195. The summed E-state index contributed by atoms with van der Waals surface area (Å²) in [5.41, 5.74) is 2.99. The number of rotatable bonds is 12. The van der Waals surface area contributed by atoms with Gasteiger partial charge in [-0.2, -0.15) is 0 Å². The van der Waals surface area contributed by atoms with Gasteiger partial charge < -0.3 is 24.4 Å². The van der Waals surface area contributed by atoms with Crippen LogP contribution in [0.1, 0.15) is 43.4 Å². The second-order valence-corrected chi connectivity index (χ2v) is 13.1. The smallest absolute Gasteiger partial charge is 0.407 e. The molecule has 9 nitrogen and oxygen atoms in total. The van der Waals surface area contributed by atoms with Crippen molar-refractivity contribution >= 4 is 45.0 Å². The van der Waals surface area contributed by atoms with E-state index >= 15 is 0 Å². The number of sulfonamides is 1. The van der Waals surface area contributed by atoms with Crippen LogP contribution in [0, 0.1) is 0 Å². The summed E-state index contributed by atoms with van der Waals surface area (Å²) in [4.78, 5) is 13.7. The number of hydrogen-bond acceptors (Lipinski definition) is 7. The van der Waals surface area contributed by atoms with Crippen LogP contribution in [0.5, 0.6) is 0 Å². The molecule has 1 aliphatic rings. The molecule has 0 fully saturated rings. The fourth-order valence-corrected chi connectivity index (χ4v) is 5.70. The minimum absolute atomic E-state index is 0.00192. The van der Waals surface area contributed by atoms with Crippen molar-refractivity contribution in [1.82, 2.24) is 10.2 Å². The number of nitrogens with one attached hydrogen (secondary N) is 2. The molecule has 0 aromatic heterocycles. The van der Waals surface area contributed by atoms with E-state index in [9.17, 15) is 13.2 Å². The first-order valence-electron chi connectivity index (χ1n) is 12.7. The summed E-state index contributed by atoms with van der Waals surface area (Å²) in [5, 5.41) is 3.80. The van der Waals surface area contributed by atoms with Gasteiger partial charge in [0.15, 0.2) is 0 Å². The average molecular weight is 603 g/mol. The lowest BCUT2D eigenvalue weighted by Gasteiger charge is -2.33. The van der Waals surface area contributed by atoms with Gasteiger partial charge in [0.2, 0.25) is 10.0 Å². The van der Waals surface area contributed by atoms with E-state index in [1.807, 2.05) is 31.3 Å². The second kappa shape index (κ2) is 14.0. The maximum Gasteiger partial charge on any atom is 0.407 e. The molecule has 1 amide bonds. The van der Waals surface area contributed by atoms with Crippen LogP contribution in [0.25, 0.3) is 0 Å². The monoisotopic (exact) mass is 601 g/mol. The van der Waals surface area contributed by atoms with Crippen molar-refractivity contribution in [3.8, 4) is 0 Å². The molecular formula is C27H37Cl2N3O6S. The molecule has 1 atom stereocenters. The number of fused-ring (bicyclic) bond motifs is 1. The Hall–Kier alpha value is -2.08. The Kier molecular flexibility index (Phi) is 11.3. The van der Waals surface area contributed by atoms with E-state index in [1.54, 1.807) is 32.9 Å². The number of carbonyl (C=O) groups is 1. The van der Waals surface area contributed by atoms with E-state index in [0.29, 0.717) is 28.9 Å². The standard InChI is InChI=1S/C27H37Cl2N3O6S/c1-27(2,3)38-26(33)30-8-9-36-10-11-37-12-13-39(34,35)31-21-7-5-6-19(14-21)23-17-32(4)18-24-22(23)15-20(28)16-25(24)29/h5-7,14-16,23,31H,8-13,17-18H2,1-4H3,(H,30,33)/t23-/m0/s1. The van der Waals surface area contributed by atoms with E-state index in [1.165, 1.54) is 0 Å². The molecule has 12 heteroatoms. The molecule has 0 saturated carbocycles. The summed E-state index contributed by atoms with van der Waals surface area (Å²) in [7, 11) is -1.60. The average Bonchev–Trinajstić information content (AvgIpc) is 2.82. The molecule has 216 valence electrons. The van der Waals surface area contributed by atoms with Gasteiger partial charge >= 0.3 is 6.09 Å². The Labute approximate surface area is 241 Å². The first-order valence-corrected chi connectivity index (χ1v) is 15.1. The van der Waals surface area contributed by atoms with Gasteiger partial charge in [0.1, 0.15) is 5.60 Å². The van der Waals surface area contributed by atoms with E-state index in [4.69, 9.17) is 37.4 Å². The largest absolute Gasteiger partial charge is 0.444 e. The fourth-order valence-electron chi connectivity index (χ4n) is 4.21. The minimum atomic E-state index is -3.62. The van der Waals surface area contributed by atoms with Gasteiger partial charge in [-0.15, -0.1) is 0 Å². The van der Waals surface area contributed by atoms with Crippen LogP contribution in [-0.4, -0.2) is 77.3 Å². The maximum atomic E-state index is 12.6. The Bertz CT molecular complexity index is 1240. The summed E-state index contributed by atoms with van der Waals surface area (Å²) in [6.07, 6.45) is -0.504. The van der Waals surface area contributed by atoms with Gasteiger partial charge in [0.05, 0.1) is 32.2 Å². The first-order chi connectivity index (χ1) is 18.3. The molecule has 2 N–H and O–H groups in total. The SMILES string of the molecule is CN1Cc2c(Cl)cc(Cl)cc2[C@H](c2cccc(NS(=O)(=O)CCOCCOCCNC(=O)OC(C)(C)C)c2)C1. The zero-order chi connectivity index (χ0) is 28.6. The molecule has 3 rings (SSSR count). The van der Waals surface area contributed by atoms with Gasteiger partial charge in [-0.05, 0) is 68.8 Å². The van der Waals surface area contributed by atoms with Crippen molar-refractivity contribution in [2.45, 2.75) is 38.8 Å². The van der Waals surface area contributed by atoms with Gasteiger partial charge in [-0.3, -0.25) is 4.72 Å². The highest BCUT2D eigenvalue weighted by Gasteiger charge is 2.27. The van der Waals surface area contributed by atoms with Crippen LogP contribution in [0.15, 0.2) is 36.4 Å². The molecule has 0 radical (unpaired) electrons. The Morgan fingerprint density at radius 1 is 1.08 bits per heavy atom. The van der Waals surface area contributed by atoms with Crippen LogP contribution >= 0.6 is 23.2 Å². The lowest BCUT2D eigenvalue weighted by atomic mass is 9.84. The fraction of sp³-hybridized carbons (Fsp3) is 0.519. The third kappa shape index (κ3) is 10.4. The molecule has 0 aliphatic carbocycles. The molecule has 2 aromatic rings. The summed E-state index contributed by atoms with van der Waals surface area (Å²) >= 11 is 12.8. The zero-order valence-corrected chi connectivity index (χ0v) is 25.1. The van der Waals surface area contributed by atoms with Gasteiger partial charge in [-0.1, -0.05) is 35.3 Å². The van der Waals surface area contributed by atoms with Gasteiger partial charge in [0.25, 0.3) is 0 Å². The van der Waals surface area contributed by atoms with Crippen molar-refractivity contribution in [3.63, 3.8) is 0 Å². The Morgan fingerprint density at radius 3 is 2.51 bits per heavy atom. The van der Waals surface area contributed by atoms with E-state index in [-0.39, 0.29) is 31.5 Å². The number of nitrogens with zero attached hydrogens (tertiary/aromatic N) is 1. The number of hydrogen-bond donors (Lipinski definition) is 2. The summed E-state index contributed by atoms with van der Waals surface area (Å²) in [6, 6.07) is 11.1. The van der Waals surface area contributed by atoms with E-state index in [0.717, 1.165) is 29.8 Å². The van der Waals surface area contributed by atoms with Crippen molar-refractivity contribution in [1.29, 1.82) is 0 Å². The molecule has 2 aromatic carbocycles. The summed E-state index contributed by atoms with van der Waals surface area (Å²) in [6.45, 7) is 7.96. The Balaban J connectivity index is 1.44. The molecule has 0 bridgehead atoms. The van der Waals surface area contributed by atoms with Crippen LogP contribution in [0.2, 0.25) is 10.0 Å². The van der Waals surface area contributed by atoms with Crippen LogP contribution in [0.4, 0.5) is 10.5 Å². The maximum absolute atomic E-state index is 12.6. The van der Waals surface area contributed by atoms with Gasteiger partial charge in [0, 0.05) is 41.3 Å². The molecule has 0 unspecified atom stereocenters. The second-order valence-electron chi connectivity index (χ2n) is 10.4. The van der Waals surface area contributed by atoms with Crippen LogP contribution < -0.4 is 10.0 Å². The molecule has 0 spiro atoms. The molecular weight excluding hydrogens is 565 g/mol. The van der Waals surface area contributed by atoms with Crippen molar-refractivity contribution in [3.05, 3.63) is 63.1 Å². The lowest BCUT2D eigenvalue weighted by molar-refractivity contribution is 0.0423.